The van der Waals surface area contributed by atoms with Gasteiger partial charge in [-0.05, 0) is 5.57 Å². The molecule has 0 aromatic carbocycles. The number of aliphatic carboxylic acids is 1. The number of amides is 2. The van der Waals surface area contributed by atoms with Crippen LogP contribution in [-0.2, 0) is 19.2 Å². The van der Waals surface area contributed by atoms with Crippen molar-refractivity contribution < 1.29 is 33.4 Å². The number of carboxylic acids is 1. The number of aromatic nitrogens is 2. The highest BCUT2D eigenvalue weighted by atomic mass is 32.2. The standard InChI is InChI=1S/C19H17FN6O6S3/c1-32-24-12(10-7-35-19(21)22-10)15(27)23-13-16(28)26-14(18(29)30)8(6-34-17(13)26)5-33-11-2-3-25(31)4-9(11)20/h2-4,7,13,17H,5-6H2,1H3,(H2,21,22)(H,23,27)(H,29,30)/b24-12-/t13?,17-/m0/s1. The summed E-state index contributed by atoms with van der Waals surface area (Å²) in [6, 6.07) is 0.301. The highest BCUT2D eigenvalue weighted by molar-refractivity contribution is 8.01. The van der Waals surface area contributed by atoms with Gasteiger partial charge in [0.1, 0.15) is 29.9 Å². The number of pyridine rings is 1. The number of rotatable bonds is 8. The molecule has 184 valence electrons. The number of oxime groups is 1. The van der Waals surface area contributed by atoms with Gasteiger partial charge in [-0.3, -0.25) is 14.5 Å². The van der Waals surface area contributed by atoms with Crippen molar-refractivity contribution in [1.29, 1.82) is 0 Å². The van der Waals surface area contributed by atoms with Gasteiger partial charge < -0.3 is 26.2 Å². The number of carbonyl (C=O) groups is 3. The molecule has 0 radical (unpaired) electrons. The van der Waals surface area contributed by atoms with Crippen molar-refractivity contribution in [2.75, 3.05) is 24.3 Å². The summed E-state index contributed by atoms with van der Waals surface area (Å²) < 4.78 is 14.3. The van der Waals surface area contributed by atoms with Crippen LogP contribution in [0.1, 0.15) is 5.69 Å². The Bertz CT molecular complexity index is 1270. The topological polar surface area (TPSA) is 174 Å². The zero-order valence-corrected chi connectivity index (χ0v) is 20.3. The first-order valence-electron chi connectivity index (χ1n) is 9.75. The number of halogens is 1. The maximum Gasteiger partial charge on any atom is 0.352 e. The zero-order valence-electron chi connectivity index (χ0n) is 17.8. The van der Waals surface area contributed by atoms with Crippen LogP contribution in [0, 0.1) is 11.0 Å². The molecule has 2 aromatic heterocycles. The van der Waals surface area contributed by atoms with Crippen LogP contribution in [0.5, 0.6) is 0 Å². The van der Waals surface area contributed by atoms with E-state index in [9.17, 15) is 29.1 Å². The average molecular weight is 541 g/mol. The fraction of sp³-hybridized carbons (Fsp3) is 0.263. The second-order valence-electron chi connectivity index (χ2n) is 7.12. The van der Waals surface area contributed by atoms with E-state index in [0.29, 0.717) is 10.3 Å². The lowest BCUT2D eigenvalue weighted by atomic mass is 10.0. The van der Waals surface area contributed by atoms with E-state index in [0.717, 1.165) is 40.4 Å². The van der Waals surface area contributed by atoms with Gasteiger partial charge in [-0.15, -0.1) is 34.9 Å². The molecule has 2 aliphatic rings. The highest BCUT2D eigenvalue weighted by Crippen LogP contribution is 2.41. The van der Waals surface area contributed by atoms with Crippen molar-refractivity contribution in [2.45, 2.75) is 16.3 Å². The SMILES string of the molecule is CO/N=C(\C(=O)NC1C(=O)N2C(C(=O)O)=C(CSc3cc[n+]([O-])cc3F)CS[C@@H]12)c1csc(N)n1. The van der Waals surface area contributed by atoms with Gasteiger partial charge in [0.25, 0.3) is 11.8 Å². The Morgan fingerprint density at radius 1 is 1.54 bits per heavy atom. The van der Waals surface area contributed by atoms with Gasteiger partial charge >= 0.3 is 5.97 Å². The second-order valence-corrected chi connectivity index (χ2v) is 10.1. The van der Waals surface area contributed by atoms with Crippen LogP contribution >= 0.6 is 34.9 Å². The first-order valence-corrected chi connectivity index (χ1v) is 12.7. The number of anilines is 1. The Morgan fingerprint density at radius 3 is 2.94 bits per heavy atom. The fourth-order valence-corrected chi connectivity index (χ4v) is 6.36. The molecule has 1 saturated heterocycles. The van der Waals surface area contributed by atoms with Crippen LogP contribution in [0.25, 0.3) is 0 Å². The van der Waals surface area contributed by atoms with E-state index >= 15 is 0 Å². The molecule has 2 aliphatic heterocycles. The number of hydrogen-bond acceptors (Lipinski definition) is 11. The summed E-state index contributed by atoms with van der Waals surface area (Å²) in [6.07, 6.45) is 1.91. The fourth-order valence-electron chi connectivity index (χ4n) is 3.42. The summed E-state index contributed by atoms with van der Waals surface area (Å²) in [5, 5.41) is 28.3. The van der Waals surface area contributed by atoms with Crippen molar-refractivity contribution >= 4 is 63.5 Å². The van der Waals surface area contributed by atoms with E-state index in [1.807, 2.05) is 0 Å². The molecule has 12 nitrogen and oxygen atoms in total. The molecule has 4 rings (SSSR count). The van der Waals surface area contributed by atoms with Crippen LogP contribution in [0.2, 0.25) is 0 Å². The lowest BCUT2D eigenvalue weighted by molar-refractivity contribution is -0.607. The minimum atomic E-state index is -1.31. The molecule has 2 atom stereocenters. The molecule has 1 unspecified atom stereocenters. The molecule has 4 heterocycles. The van der Waals surface area contributed by atoms with Gasteiger partial charge in [-0.1, -0.05) is 5.16 Å². The molecule has 2 amide bonds. The van der Waals surface area contributed by atoms with Gasteiger partial charge in [0.05, 0.1) is 4.90 Å². The zero-order chi connectivity index (χ0) is 25.3. The van der Waals surface area contributed by atoms with E-state index in [1.165, 1.54) is 30.3 Å². The smallest absolute Gasteiger partial charge is 0.352 e. The Labute approximate surface area is 209 Å². The molecular weight excluding hydrogens is 523 g/mol. The van der Waals surface area contributed by atoms with Gasteiger partial charge in [-0.25, -0.2) is 9.78 Å². The summed E-state index contributed by atoms with van der Waals surface area (Å²) in [7, 11) is 1.25. The Kier molecular flexibility index (Phi) is 7.13. The summed E-state index contributed by atoms with van der Waals surface area (Å²) in [5.41, 5.74) is 5.82. The molecule has 2 aromatic rings. The molecule has 4 N–H and O–H groups in total. The van der Waals surface area contributed by atoms with E-state index in [4.69, 9.17) is 10.6 Å². The quantitative estimate of drug-likeness (QED) is 0.106. The number of hydrogen-bond donors (Lipinski definition) is 3. The predicted octanol–water partition coefficient (Wildman–Crippen LogP) is 0.379. The maximum absolute atomic E-state index is 14.0. The number of nitrogens with two attached hydrogens (primary N) is 1. The summed E-state index contributed by atoms with van der Waals surface area (Å²) in [4.78, 5) is 47.7. The van der Waals surface area contributed by atoms with E-state index in [1.54, 1.807) is 0 Å². The molecular formula is C19H17FN6O6S3. The Hall–Kier alpha value is -3.37. The average Bonchev–Trinajstić information content (AvgIpc) is 3.25. The number of nitrogen functional groups attached to an aromatic ring is 1. The Morgan fingerprint density at radius 2 is 2.31 bits per heavy atom. The minimum Gasteiger partial charge on any atom is -0.619 e. The molecule has 0 spiro atoms. The van der Waals surface area contributed by atoms with Crippen molar-refractivity contribution in [3.05, 3.63) is 51.8 Å². The number of nitrogens with zero attached hydrogens (tertiary/aromatic N) is 4. The molecule has 0 bridgehead atoms. The summed E-state index contributed by atoms with van der Waals surface area (Å²) in [6.45, 7) is 0. The maximum atomic E-state index is 14.0. The number of thioether (sulfide) groups is 2. The molecule has 35 heavy (non-hydrogen) atoms. The van der Waals surface area contributed by atoms with E-state index < -0.39 is 35.0 Å². The lowest BCUT2D eigenvalue weighted by Crippen LogP contribution is -2.71. The monoisotopic (exact) mass is 540 g/mol. The third kappa shape index (κ3) is 4.89. The van der Waals surface area contributed by atoms with Gasteiger partial charge in [0.2, 0.25) is 12.0 Å². The largest absolute Gasteiger partial charge is 0.619 e. The van der Waals surface area contributed by atoms with Gasteiger partial charge in [-0.2, -0.15) is 9.12 Å². The van der Waals surface area contributed by atoms with Crippen LogP contribution in [0.3, 0.4) is 0 Å². The normalized spacial score (nSPS) is 19.8. The first kappa shape index (κ1) is 24.7. The number of nitrogens with one attached hydrogen (secondary N) is 1. The van der Waals surface area contributed by atoms with Crippen molar-refractivity contribution in [3.63, 3.8) is 0 Å². The number of carboxylic acid groups (broad SMARTS) is 1. The van der Waals surface area contributed by atoms with E-state index in [-0.39, 0.29) is 38.6 Å². The molecule has 0 saturated carbocycles. The van der Waals surface area contributed by atoms with Gasteiger partial charge in [0.15, 0.2) is 17.0 Å². The number of fused-ring (bicyclic) bond motifs is 1. The molecule has 16 heteroatoms. The summed E-state index contributed by atoms with van der Waals surface area (Å²) in [5.74, 6) is -3.04. The Balaban J connectivity index is 1.49. The van der Waals surface area contributed by atoms with Crippen LogP contribution in [0.15, 0.2) is 45.2 Å². The molecule has 1 fully saturated rings. The summed E-state index contributed by atoms with van der Waals surface area (Å²) >= 11 is 3.38. The van der Waals surface area contributed by atoms with Crippen molar-refractivity contribution in [3.8, 4) is 0 Å². The third-order valence-electron chi connectivity index (χ3n) is 4.95. The molecule has 0 aliphatic carbocycles. The second kappa shape index (κ2) is 10.1. The predicted molar refractivity (Wildman–Crippen MR) is 126 cm³/mol. The lowest BCUT2D eigenvalue weighted by Gasteiger charge is -2.49. The van der Waals surface area contributed by atoms with Crippen LogP contribution in [0.4, 0.5) is 9.52 Å². The van der Waals surface area contributed by atoms with Crippen LogP contribution < -0.4 is 15.8 Å². The number of β-lactam (4-membered cyclic amide) rings is 1. The van der Waals surface area contributed by atoms with Gasteiger partial charge in [0, 0.05) is 23.0 Å². The first-order chi connectivity index (χ1) is 16.7. The highest BCUT2D eigenvalue weighted by Gasteiger charge is 2.54. The van der Waals surface area contributed by atoms with Crippen molar-refractivity contribution in [1.82, 2.24) is 15.2 Å². The van der Waals surface area contributed by atoms with Crippen molar-refractivity contribution in [2.24, 2.45) is 5.16 Å². The third-order valence-corrected chi connectivity index (χ3v) is 8.10. The number of thiazole rings is 1. The van der Waals surface area contributed by atoms with Crippen LogP contribution in [-0.4, -0.2) is 68.5 Å². The number of carbonyl (C=O) groups excluding carboxylic acids is 2. The van der Waals surface area contributed by atoms with E-state index in [2.05, 4.69) is 15.5 Å². The minimum absolute atomic E-state index is 0.0951.